The monoisotopic (exact) mass is 462 g/mol. The van der Waals surface area contributed by atoms with Gasteiger partial charge in [-0.15, -0.1) is 0 Å². The molecule has 1 amide bonds. The summed E-state index contributed by atoms with van der Waals surface area (Å²) < 4.78 is 45.3. The summed E-state index contributed by atoms with van der Waals surface area (Å²) in [5.41, 5.74) is 0.909. The molecule has 7 nitrogen and oxygen atoms in total. The number of nitrogens with zero attached hydrogens (tertiary/aromatic N) is 1. The normalized spacial score (nSPS) is 17.0. The van der Waals surface area contributed by atoms with Gasteiger partial charge in [-0.25, -0.2) is 17.6 Å². The van der Waals surface area contributed by atoms with E-state index in [-0.39, 0.29) is 17.3 Å². The number of benzene rings is 2. The highest BCUT2D eigenvalue weighted by Crippen LogP contribution is 2.25. The third kappa shape index (κ3) is 5.92. The predicted octanol–water partition coefficient (Wildman–Crippen LogP) is 3.82. The summed E-state index contributed by atoms with van der Waals surface area (Å²) in [5, 5.41) is 2.79. The van der Waals surface area contributed by atoms with Gasteiger partial charge in [0.25, 0.3) is 0 Å². The molecule has 2 aromatic rings. The molecule has 0 radical (unpaired) electrons. The summed E-state index contributed by atoms with van der Waals surface area (Å²) in [6, 6.07) is 11.0. The summed E-state index contributed by atoms with van der Waals surface area (Å²) in [4.78, 5) is 24.7. The first-order valence-electron chi connectivity index (χ1n) is 10.6. The van der Waals surface area contributed by atoms with E-state index in [0.717, 1.165) is 25.0 Å². The van der Waals surface area contributed by atoms with Crippen molar-refractivity contribution in [2.24, 2.45) is 5.92 Å². The zero-order chi connectivity index (χ0) is 23.1. The summed E-state index contributed by atoms with van der Waals surface area (Å²) >= 11 is 0. The van der Waals surface area contributed by atoms with E-state index in [0.29, 0.717) is 37.2 Å². The van der Waals surface area contributed by atoms with Gasteiger partial charge in [0.15, 0.2) is 0 Å². The first kappa shape index (κ1) is 23.9. The summed E-state index contributed by atoms with van der Waals surface area (Å²) in [6.45, 7) is 2.73. The molecule has 172 valence electrons. The minimum absolute atomic E-state index is 0.00127. The average molecular weight is 463 g/mol. The van der Waals surface area contributed by atoms with E-state index in [4.69, 9.17) is 4.74 Å². The van der Waals surface area contributed by atoms with Gasteiger partial charge in [0, 0.05) is 18.8 Å². The molecule has 1 atom stereocenters. The van der Waals surface area contributed by atoms with E-state index in [1.54, 1.807) is 24.3 Å². The van der Waals surface area contributed by atoms with Gasteiger partial charge in [-0.1, -0.05) is 13.3 Å². The Hall–Kier alpha value is -2.78. The number of sulfonamides is 1. The second-order valence-electron chi connectivity index (χ2n) is 7.71. The Morgan fingerprint density at radius 1 is 1.12 bits per heavy atom. The Morgan fingerprint density at radius 2 is 1.81 bits per heavy atom. The van der Waals surface area contributed by atoms with Crippen LogP contribution in [-0.4, -0.2) is 44.3 Å². The zero-order valence-electron chi connectivity index (χ0n) is 17.9. The second kappa shape index (κ2) is 10.7. The van der Waals surface area contributed by atoms with Crippen molar-refractivity contribution in [2.45, 2.75) is 37.5 Å². The minimum Gasteiger partial charge on any atom is -0.462 e. The van der Waals surface area contributed by atoms with Gasteiger partial charge in [0.05, 0.1) is 23.0 Å². The molecule has 1 N–H and O–H groups in total. The van der Waals surface area contributed by atoms with Gasteiger partial charge in [-0.05, 0) is 67.8 Å². The molecule has 1 heterocycles. The quantitative estimate of drug-likeness (QED) is 0.476. The SMILES string of the molecule is CCCCOC(=O)c1ccc(NC(=O)[C@@H]2CCCN(S(=O)(=O)c3ccc(F)cc3)C2)cc1. The standard InChI is InChI=1S/C23H27FN2O5S/c1-2-3-15-31-23(28)17-6-10-20(11-7-17)25-22(27)18-5-4-14-26(16-18)32(29,30)21-12-8-19(24)9-13-21/h6-13,18H,2-5,14-16H2,1H3,(H,25,27)/t18-/m1/s1. The number of halogens is 1. The van der Waals surface area contributed by atoms with E-state index >= 15 is 0 Å². The maximum atomic E-state index is 13.1. The Bertz CT molecular complexity index is 1040. The lowest BCUT2D eigenvalue weighted by molar-refractivity contribution is -0.120. The van der Waals surface area contributed by atoms with Crippen molar-refractivity contribution >= 4 is 27.6 Å². The molecule has 1 aliphatic heterocycles. The van der Waals surface area contributed by atoms with Crippen LogP contribution in [0.2, 0.25) is 0 Å². The van der Waals surface area contributed by atoms with E-state index in [9.17, 15) is 22.4 Å². The van der Waals surface area contributed by atoms with Crippen molar-refractivity contribution in [3.05, 3.63) is 59.9 Å². The zero-order valence-corrected chi connectivity index (χ0v) is 18.7. The fraction of sp³-hybridized carbons (Fsp3) is 0.391. The summed E-state index contributed by atoms with van der Waals surface area (Å²) in [5.74, 6) is -1.73. The lowest BCUT2D eigenvalue weighted by Gasteiger charge is -2.31. The number of esters is 1. The van der Waals surface area contributed by atoms with E-state index < -0.39 is 27.7 Å². The Labute approximate surface area is 187 Å². The van der Waals surface area contributed by atoms with Crippen LogP contribution < -0.4 is 5.32 Å². The van der Waals surface area contributed by atoms with Gasteiger partial charge in [-0.2, -0.15) is 4.31 Å². The van der Waals surface area contributed by atoms with Crippen LogP contribution in [0.3, 0.4) is 0 Å². The van der Waals surface area contributed by atoms with Crippen LogP contribution in [0.15, 0.2) is 53.4 Å². The number of unbranched alkanes of at least 4 members (excludes halogenated alkanes) is 1. The van der Waals surface area contributed by atoms with Crippen molar-refractivity contribution in [3.8, 4) is 0 Å². The molecule has 1 aliphatic rings. The van der Waals surface area contributed by atoms with E-state index in [2.05, 4.69) is 5.32 Å². The van der Waals surface area contributed by atoms with Crippen LogP contribution >= 0.6 is 0 Å². The molecule has 3 rings (SSSR count). The number of piperidine rings is 1. The maximum Gasteiger partial charge on any atom is 0.338 e. The lowest BCUT2D eigenvalue weighted by atomic mass is 9.98. The highest BCUT2D eigenvalue weighted by atomic mass is 32.2. The molecule has 0 aromatic heterocycles. The number of nitrogens with one attached hydrogen (secondary N) is 1. The highest BCUT2D eigenvalue weighted by Gasteiger charge is 2.33. The number of hydrogen-bond acceptors (Lipinski definition) is 5. The molecule has 32 heavy (non-hydrogen) atoms. The summed E-state index contributed by atoms with van der Waals surface area (Å²) in [7, 11) is -3.81. The lowest BCUT2D eigenvalue weighted by Crippen LogP contribution is -2.43. The molecule has 2 aromatic carbocycles. The van der Waals surface area contributed by atoms with Gasteiger partial charge >= 0.3 is 5.97 Å². The van der Waals surface area contributed by atoms with Crippen LogP contribution in [-0.2, 0) is 19.6 Å². The van der Waals surface area contributed by atoms with Crippen molar-refractivity contribution in [3.63, 3.8) is 0 Å². The number of rotatable bonds is 8. The van der Waals surface area contributed by atoms with Gasteiger partial charge in [-0.3, -0.25) is 4.79 Å². The first-order chi connectivity index (χ1) is 15.3. The number of carbonyl (C=O) groups is 2. The topological polar surface area (TPSA) is 92.8 Å². The fourth-order valence-electron chi connectivity index (χ4n) is 3.46. The molecule has 0 spiro atoms. The van der Waals surface area contributed by atoms with Crippen LogP contribution in [0.1, 0.15) is 43.0 Å². The van der Waals surface area contributed by atoms with Crippen molar-refractivity contribution < 1.29 is 27.1 Å². The van der Waals surface area contributed by atoms with Crippen LogP contribution in [0.5, 0.6) is 0 Å². The van der Waals surface area contributed by atoms with Crippen LogP contribution in [0.4, 0.5) is 10.1 Å². The molecule has 1 fully saturated rings. The number of anilines is 1. The van der Waals surface area contributed by atoms with E-state index in [1.807, 2.05) is 6.92 Å². The van der Waals surface area contributed by atoms with Crippen molar-refractivity contribution in [1.82, 2.24) is 4.31 Å². The van der Waals surface area contributed by atoms with Crippen LogP contribution in [0, 0.1) is 11.7 Å². The van der Waals surface area contributed by atoms with Crippen LogP contribution in [0.25, 0.3) is 0 Å². The van der Waals surface area contributed by atoms with Crippen molar-refractivity contribution in [2.75, 3.05) is 25.0 Å². The fourth-order valence-corrected chi connectivity index (χ4v) is 4.98. The Morgan fingerprint density at radius 3 is 2.47 bits per heavy atom. The molecule has 0 bridgehead atoms. The third-order valence-corrected chi connectivity index (χ3v) is 7.20. The maximum absolute atomic E-state index is 13.1. The largest absolute Gasteiger partial charge is 0.462 e. The minimum atomic E-state index is -3.81. The number of hydrogen-bond donors (Lipinski definition) is 1. The molecule has 0 aliphatic carbocycles. The smallest absolute Gasteiger partial charge is 0.338 e. The number of ether oxygens (including phenoxy) is 1. The molecular formula is C23H27FN2O5S. The predicted molar refractivity (Wildman–Crippen MR) is 118 cm³/mol. The Balaban J connectivity index is 1.60. The molecule has 1 saturated heterocycles. The van der Waals surface area contributed by atoms with Gasteiger partial charge in [0.2, 0.25) is 15.9 Å². The molecular weight excluding hydrogens is 435 g/mol. The van der Waals surface area contributed by atoms with E-state index in [1.165, 1.54) is 16.4 Å². The summed E-state index contributed by atoms with van der Waals surface area (Å²) in [6.07, 6.45) is 2.83. The highest BCUT2D eigenvalue weighted by molar-refractivity contribution is 7.89. The first-order valence-corrected chi connectivity index (χ1v) is 12.1. The average Bonchev–Trinajstić information content (AvgIpc) is 2.80. The molecule has 0 unspecified atom stereocenters. The van der Waals surface area contributed by atoms with Gasteiger partial charge < -0.3 is 10.1 Å². The van der Waals surface area contributed by atoms with Crippen molar-refractivity contribution in [1.29, 1.82) is 0 Å². The molecule has 0 saturated carbocycles. The third-order valence-electron chi connectivity index (χ3n) is 5.33. The number of carbonyl (C=O) groups excluding carboxylic acids is 2. The Kier molecular flexibility index (Phi) is 7.98. The number of amides is 1. The van der Waals surface area contributed by atoms with Gasteiger partial charge in [0.1, 0.15) is 5.82 Å². The molecule has 9 heteroatoms. The second-order valence-corrected chi connectivity index (χ2v) is 9.65.